The lowest BCUT2D eigenvalue weighted by Gasteiger charge is -2.04. The predicted molar refractivity (Wildman–Crippen MR) is 64.4 cm³/mol. The molecule has 1 N–H and O–H groups in total. The highest BCUT2D eigenvalue weighted by Gasteiger charge is 2.11. The first-order valence-corrected chi connectivity index (χ1v) is 5.45. The molecule has 2 heterocycles. The monoisotopic (exact) mass is 267 g/mol. The first kappa shape index (κ1) is 12.4. The predicted octanol–water partition coefficient (Wildman–Crippen LogP) is 2.12. The van der Waals surface area contributed by atoms with Gasteiger partial charge in [0, 0.05) is 0 Å². The summed E-state index contributed by atoms with van der Waals surface area (Å²) in [5.74, 6) is 0.720. The van der Waals surface area contributed by atoms with E-state index in [9.17, 15) is 4.79 Å². The van der Waals surface area contributed by atoms with Crippen LogP contribution in [0.25, 0.3) is 0 Å². The van der Waals surface area contributed by atoms with Crippen LogP contribution in [0.1, 0.15) is 16.3 Å². The number of nitrogens with one attached hydrogen (secondary N) is 1. The van der Waals surface area contributed by atoms with Gasteiger partial charge in [-0.1, -0.05) is 11.6 Å². The third-order valence-corrected chi connectivity index (χ3v) is 2.42. The molecule has 0 aliphatic carbocycles. The highest BCUT2D eigenvalue weighted by atomic mass is 35.5. The Kier molecular flexibility index (Phi) is 3.78. The molecule has 2 rings (SSSR count). The first-order chi connectivity index (χ1) is 8.70. The zero-order chi connectivity index (χ0) is 13.0. The van der Waals surface area contributed by atoms with Crippen LogP contribution in [-0.2, 0) is 11.3 Å². The Morgan fingerprint density at radius 1 is 1.56 bits per heavy atom. The number of carbonyl (C=O) groups is 1. The number of nitrogens with zero attached hydrogens (tertiary/aromatic N) is 2. The minimum absolute atomic E-state index is 0.156. The van der Waals surface area contributed by atoms with E-state index >= 15 is 0 Å². The van der Waals surface area contributed by atoms with Gasteiger partial charge in [-0.25, -0.2) is 14.8 Å². The third kappa shape index (κ3) is 2.78. The molecule has 0 amide bonds. The molecular weight excluding hydrogens is 258 g/mol. The molecule has 18 heavy (non-hydrogen) atoms. The van der Waals surface area contributed by atoms with Crippen molar-refractivity contribution in [2.24, 2.45) is 0 Å². The molecule has 0 radical (unpaired) electrons. The van der Waals surface area contributed by atoms with Crippen molar-refractivity contribution in [3.63, 3.8) is 0 Å². The fourth-order valence-corrected chi connectivity index (χ4v) is 1.47. The SMILES string of the molecule is COC(=O)c1ccc(CNc2ncncc2Cl)o1. The van der Waals surface area contributed by atoms with E-state index in [1.54, 1.807) is 12.1 Å². The maximum Gasteiger partial charge on any atom is 0.373 e. The lowest BCUT2D eigenvalue weighted by molar-refractivity contribution is 0.0563. The van der Waals surface area contributed by atoms with Crippen LogP contribution in [0, 0.1) is 0 Å². The normalized spacial score (nSPS) is 10.1. The van der Waals surface area contributed by atoms with Gasteiger partial charge in [0.1, 0.15) is 22.9 Å². The van der Waals surface area contributed by atoms with Crippen LogP contribution < -0.4 is 5.32 Å². The fraction of sp³-hybridized carbons (Fsp3) is 0.182. The summed E-state index contributed by atoms with van der Waals surface area (Å²) < 4.78 is 9.81. The molecule has 0 bridgehead atoms. The van der Waals surface area contributed by atoms with E-state index in [-0.39, 0.29) is 5.76 Å². The van der Waals surface area contributed by atoms with Gasteiger partial charge in [0.05, 0.1) is 19.9 Å². The Hall–Kier alpha value is -2.08. The van der Waals surface area contributed by atoms with Crippen molar-refractivity contribution >= 4 is 23.4 Å². The highest BCUT2D eigenvalue weighted by Crippen LogP contribution is 2.17. The number of halogens is 1. The van der Waals surface area contributed by atoms with Crippen LogP contribution in [0.2, 0.25) is 5.02 Å². The van der Waals surface area contributed by atoms with Crippen molar-refractivity contribution in [2.75, 3.05) is 12.4 Å². The van der Waals surface area contributed by atoms with Crippen molar-refractivity contribution in [2.45, 2.75) is 6.54 Å². The maximum absolute atomic E-state index is 11.2. The van der Waals surface area contributed by atoms with Gasteiger partial charge in [-0.05, 0) is 12.1 Å². The van der Waals surface area contributed by atoms with Crippen LogP contribution in [0.3, 0.4) is 0 Å². The highest BCUT2D eigenvalue weighted by molar-refractivity contribution is 6.32. The number of aromatic nitrogens is 2. The Bertz CT molecular complexity index is 556. The second kappa shape index (κ2) is 5.50. The Labute approximate surface area is 108 Å². The number of ether oxygens (including phenoxy) is 1. The Balaban J connectivity index is 2.01. The second-order valence-corrected chi connectivity index (χ2v) is 3.74. The number of carbonyl (C=O) groups excluding carboxylic acids is 1. The number of rotatable bonds is 4. The summed E-state index contributed by atoms with van der Waals surface area (Å²) in [5.41, 5.74) is 0. The van der Waals surface area contributed by atoms with Crippen LogP contribution in [-0.4, -0.2) is 23.0 Å². The van der Waals surface area contributed by atoms with E-state index < -0.39 is 5.97 Å². The van der Waals surface area contributed by atoms with Crippen molar-refractivity contribution in [1.29, 1.82) is 0 Å². The molecule has 6 nitrogen and oxygen atoms in total. The summed E-state index contributed by atoms with van der Waals surface area (Å²) in [6.45, 7) is 0.355. The topological polar surface area (TPSA) is 77.2 Å². The van der Waals surface area contributed by atoms with Crippen LogP contribution in [0.15, 0.2) is 29.1 Å². The van der Waals surface area contributed by atoms with Gasteiger partial charge < -0.3 is 14.5 Å². The van der Waals surface area contributed by atoms with Crippen molar-refractivity contribution in [1.82, 2.24) is 9.97 Å². The molecule has 94 valence electrons. The number of esters is 1. The van der Waals surface area contributed by atoms with E-state index in [1.807, 2.05) is 0 Å². The molecular formula is C11H10ClN3O3. The molecule has 0 unspecified atom stereocenters. The molecule has 0 saturated heterocycles. The smallest absolute Gasteiger partial charge is 0.373 e. The average Bonchev–Trinajstić information content (AvgIpc) is 2.86. The standard InChI is InChI=1S/C11H10ClN3O3/c1-17-11(16)9-3-2-7(18-9)4-14-10-8(12)5-13-6-15-10/h2-3,5-6H,4H2,1H3,(H,13,14,15). The summed E-state index contributed by atoms with van der Waals surface area (Å²) in [6, 6.07) is 3.22. The maximum atomic E-state index is 11.2. The number of anilines is 1. The Morgan fingerprint density at radius 2 is 2.39 bits per heavy atom. The zero-order valence-corrected chi connectivity index (χ0v) is 10.3. The molecule has 0 atom stereocenters. The third-order valence-electron chi connectivity index (χ3n) is 2.15. The summed E-state index contributed by atoms with van der Waals surface area (Å²) in [7, 11) is 1.30. The number of hydrogen-bond donors (Lipinski definition) is 1. The second-order valence-electron chi connectivity index (χ2n) is 3.33. The minimum atomic E-state index is -0.513. The van der Waals surface area contributed by atoms with Gasteiger partial charge in [-0.2, -0.15) is 0 Å². The van der Waals surface area contributed by atoms with Crippen molar-refractivity contribution < 1.29 is 13.9 Å². The molecule has 0 saturated carbocycles. The zero-order valence-electron chi connectivity index (χ0n) is 9.51. The summed E-state index contributed by atoms with van der Waals surface area (Å²) >= 11 is 5.88. The molecule has 7 heteroatoms. The Morgan fingerprint density at radius 3 is 3.11 bits per heavy atom. The average molecular weight is 268 g/mol. The summed E-state index contributed by atoms with van der Waals surface area (Å²) in [6.07, 6.45) is 2.87. The lowest BCUT2D eigenvalue weighted by Crippen LogP contribution is -2.02. The number of methoxy groups -OCH3 is 1. The van der Waals surface area contributed by atoms with E-state index in [4.69, 9.17) is 16.0 Å². The molecule has 0 aliphatic rings. The van der Waals surface area contributed by atoms with Crippen LogP contribution in [0.5, 0.6) is 0 Å². The van der Waals surface area contributed by atoms with E-state index in [2.05, 4.69) is 20.0 Å². The quantitative estimate of drug-likeness (QED) is 0.855. The van der Waals surface area contributed by atoms with E-state index in [0.29, 0.717) is 23.1 Å². The van der Waals surface area contributed by atoms with Gasteiger partial charge >= 0.3 is 5.97 Å². The summed E-state index contributed by atoms with van der Waals surface area (Å²) in [4.78, 5) is 18.9. The largest absolute Gasteiger partial charge is 0.463 e. The van der Waals surface area contributed by atoms with Gasteiger partial charge in [0.15, 0.2) is 0 Å². The number of hydrogen-bond acceptors (Lipinski definition) is 6. The van der Waals surface area contributed by atoms with Gasteiger partial charge in [0.2, 0.25) is 5.76 Å². The molecule has 0 spiro atoms. The lowest BCUT2D eigenvalue weighted by atomic mass is 10.4. The number of furan rings is 1. The molecule has 0 fully saturated rings. The van der Waals surface area contributed by atoms with Gasteiger partial charge in [-0.3, -0.25) is 0 Å². The molecule has 0 aliphatic heterocycles. The van der Waals surface area contributed by atoms with Crippen molar-refractivity contribution in [3.8, 4) is 0 Å². The van der Waals surface area contributed by atoms with Crippen LogP contribution in [0.4, 0.5) is 5.82 Å². The van der Waals surface area contributed by atoms with Crippen molar-refractivity contribution in [3.05, 3.63) is 41.2 Å². The van der Waals surface area contributed by atoms with E-state index in [1.165, 1.54) is 19.6 Å². The van der Waals surface area contributed by atoms with Crippen LogP contribution >= 0.6 is 11.6 Å². The first-order valence-electron chi connectivity index (χ1n) is 5.07. The molecule has 2 aromatic rings. The molecule has 2 aromatic heterocycles. The molecule has 0 aromatic carbocycles. The van der Waals surface area contributed by atoms with Gasteiger partial charge in [0.25, 0.3) is 0 Å². The minimum Gasteiger partial charge on any atom is -0.463 e. The van der Waals surface area contributed by atoms with E-state index in [0.717, 1.165) is 0 Å². The fourth-order valence-electron chi connectivity index (χ4n) is 1.30. The summed E-state index contributed by atoms with van der Waals surface area (Å²) in [5, 5.41) is 3.38. The van der Waals surface area contributed by atoms with Gasteiger partial charge in [-0.15, -0.1) is 0 Å².